The summed E-state index contributed by atoms with van der Waals surface area (Å²) in [5.74, 6) is 0.227. The Bertz CT molecular complexity index is 862. The molecule has 0 saturated carbocycles. The monoisotopic (exact) mass is 355 g/mol. The van der Waals surface area contributed by atoms with Crippen LogP contribution in [0.3, 0.4) is 0 Å². The molecule has 0 bridgehead atoms. The molecule has 0 atom stereocenters. The molecule has 3 aromatic rings. The Kier molecular flexibility index (Phi) is 4.55. The number of carbonyl (C=O) groups excluding carboxylic acids is 1. The maximum atomic E-state index is 12.7. The molecular formula is C19H23N4OS+. The summed E-state index contributed by atoms with van der Waals surface area (Å²) >= 11 is 1.60. The van der Waals surface area contributed by atoms with E-state index in [1.165, 1.54) is 0 Å². The number of imidazole rings is 1. The largest absolute Gasteiger partial charge is 0.332 e. The van der Waals surface area contributed by atoms with Crippen molar-refractivity contribution in [3.05, 3.63) is 47.6 Å². The molecule has 0 spiro atoms. The number of benzene rings is 1. The zero-order valence-electron chi connectivity index (χ0n) is 14.4. The van der Waals surface area contributed by atoms with Gasteiger partial charge < -0.3 is 9.80 Å². The Hall–Kier alpha value is -2.18. The Morgan fingerprint density at radius 3 is 2.72 bits per heavy atom. The second-order valence-electron chi connectivity index (χ2n) is 6.53. The number of carbonyl (C=O) groups is 1. The zero-order chi connectivity index (χ0) is 17.2. The summed E-state index contributed by atoms with van der Waals surface area (Å²) in [6.45, 7) is 7.21. The van der Waals surface area contributed by atoms with E-state index in [1.54, 1.807) is 16.2 Å². The Morgan fingerprint density at radius 1 is 1.24 bits per heavy atom. The van der Waals surface area contributed by atoms with Crippen LogP contribution in [0.4, 0.5) is 0 Å². The first-order valence-corrected chi connectivity index (χ1v) is 9.75. The topological polar surface area (TPSA) is 42.0 Å². The van der Waals surface area contributed by atoms with E-state index in [-0.39, 0.29) is 5.91 Å². The molecule has 1 aliphatic heterocycles. The smallest absolute Gasteiger partial charge is 0.228 e. The van der Waals surface area contributed by atoms with Crippen molar-refractivity contribution in [3.8, 4) is 11.3 Å². The van der Waals surface area contributed by atoms with E-state index >= 15 is 0 Å². The number of amides is 1. The molecule has 1 aromatic carbocycles. The van der Waals surface area contributed by atoms with Crippen LogP contribution in [0.15, 0.2) is 41.9 Å². The van der Waals surface area contributed by atoms with E-state index in [0.717, 1.165) is 54.6 Å². The highest BCUT2D eigenvalue weighted by atomic mass is 32.1. The molecule has 1 fully saturated rings. The summed E-state index contributed by atoms with van der Waals surface area (Å²) in [6, 6.07) is 10.2. The van der Waals surface area contributed by atoms with Crippen molar-refractivity contribution >= 4 is 22.2 Å². The number of hydrogen-bond donors (Lipinski definition) is 1. The first kappa shape index (κ1) is 16.3. The van der Waals surface area contributed by atoms with Crippen molar-refractivity contribution in [2.75, 3.05) is 32.7 Å². The van der Waals surface area contributed by atoms with Gasteiger partial charge in [-0.05, 0) is 6.92 Å². The molecule has 4 rings (SSSR count). The van der Waals surface area contributed by atoms with E-state index in [2.05, 4.69) is 28.8 Å². The fourth-order valence-corrected chi connectivity index (χ4v) is 4.27. The molecule has 6 heteroatoms. The Labute approximate surface area is 151 Å². The number of quaternary nitrogens is 1. The molecule has 25 heavy (non-hydrogen) atoms. The quantitative estimate of drug-likeness (QED) is 0.768. The number of fused-ring (bicyclic) bond motifs is 1. The van der Waals surface area contributed by atoms with Crippen LogP contribution in [0, 0.1) is 0 Å². The van der Waals surface area contributed by atoms with E-state index in [9.17, 15) is 4.79 Å². The van der Waals surface area contributed by atoms with Crippen molar-refractivity contribution in [3.63, 3.8) is 0 Å². The third-order valence-corrected chi connectivity index (χ3v) is 5.90. The van der Waals surface area contributed by atoms with Gasteiger partial charge in [-0.3, -0.25) is 9.20 Å². The van der Waals surface area contributed by atoms with Crippen molar-refractivity contribution in [1.82, 2.24) is 14.3 Å². The third-order valence-electron chi connectivity index (χ3n) is 5.01. The van der Waals surface area contributed by atoms with E-state index in [0.29, 0.717) is 6.42 Å². The van der Waals surface area contributed by atoms with Gasteiger partial charge >= 0.3 is 0 Å². The van der Waals surface area contributed by atoms with Gasteiger partial charge in [0.1, 0.15) is 0 Å². The standard InChI is InChI=1S/C19H22N4OS/c1-2-21-8-10-22(11-9-21)18(24)12-16-14-25-19-20-17(13-23(16)19)15-6-4-3-5-7-15/h3-7,13-14H,2,8-12H2,1H3/p+1. The Balaban J connectivity index is 1.50. The normalized spacial score (nSPS) is 15.8. The number of hydrogen-bond acceptors (Lipinski definition) is 3. The van der Waals surface area contributed by atoms with Crippen LogP contribution < -0.4 is 4.90 Å². The van der Waals surface area contributed by atoms with Crippen LogP contribution in [0.25, 0.3) is 16.2 Å². The summed E-state index contributed by atoms with van der Waals surface area (Å²) < 4.78 is 2.07. The molecular weight excluding hydrogens is 332 g/mol. The van der Waals surface area contributed by atoms with Crippen LogP contribution in [0.5, 0.6) is 0 Å². The number of piperazine rings is 1. The fourth-order valence-electron chi connectivity index (χ4n) is 3.40. The highest BCUT2D eigenvalue weighted by Gasteiger charge is 2.23. The molecule has 5 nitrogen and oxygen atoms in total. The van der Waals surface area contributed by atoms with Gasteiger partial charge in [0.15, 0.2) is 4.96 Å². The zero-order valence-corrected chi connectivity index (χ0v) is 15.3. The minimum Gasteiger partial charge on any atom is -0.332 e. The second-order valence-corrected chi connectivity index (χ2v) is 7.37. The molecule has 1 amide bonds. The van der Waals surface area contributed by atoms with Gasteiger partial charge in [-0.25, -0.2) is 4.98 Å². The minimum atomic E-state index is 0.227. The molecule has 3 heterocycles. The maximum Gasteiger partial charge on any atom is 0.228 e. The third kappa shape index (κ3) is 3.32. The summed E-state index contributed by atoms with van der Waals surface area (Å²) in [5, 5.41) is 2.06. The molecule has 1 saturated heterocycles. The number of nitrogens with one attached hydrogen (secondary N) is 1. The minimum absolute atomic E-state index is 0.227. The summed E-state index contributed by atoms with van der Waals surface area (Å²) in [7, 11) is 0. The van der Waals surface area contributed by atoms with Gasteiger partial charge in [-0.2, -0.15) is 0 Å². The average molecular weight is 355 g/mol. The van der Waals surface area contributed by atoms with Crippen LogP contribution in [-0.4, -0.2) is 52.9 Å². The fraction of sp³-hybridized carbons (Fsp3) is 0.368. The lowest BCUT2D eigenvalue weighted by Crippen LogP contribution is -3.14. The summed E-state index contributed by atoms with van der Waals surface area (Å²) in [4.78, 5) is 21.9. The number of thiazole rings is 1. The van der Waals surface area contributed by atoms with Crippen LogP contribution in [-0.2, 0) is 11.2 Å². The van der Waals surface area contributed by atoms with Crippen molar-refractivity contribution in [2.45, 2.75) is 13.3 Å². The number of aromatic nitrogens is 2. The van der Waals surface area contributed by atoms with Gasteiger partial charge in [-0.1, -0.05) is 30.3 Å². The lowest BCUT2D eigenvalue weighted by Gasteiger charge is -2.31. The average Bonchev–Trinajstić information content (AvgIpc) is 3.24. The lowest BCUT2D eigenvalue weighted by molar-refractivity contribution is -0.902. The number of likely N-dealkylation sites (N-methyl/N-ethyl adjacent to an activating group) is 1. The summed E-state index contributed by atoms with van der Waals surface area (Å²) in [6.07, 6.45) is 2.50. The molecule has 1 N–H and O–H groups in total. The molecule has 2 aromatic heterocycles. The van der Waals surface area contributed by atoms with Gasteiger partial charge in [-0.15, -0.1) is 11.3 Å². The molecule has 0 unspecified atom stereocenters. The Morgan fingerprint density at radius 2 is 2.00 bits per heavy atom. The molecule has 0 radical (unpaired) electrons. The van der Waals surface area contributed by atoms with E-state index < -0.39 is 0 Å². The SMILES string of the molecule is CC[NH+]1CCN(C(=O)Cc2csc3nc(-c4ccccc4)cn23)CC1. The lowest BCUT2D eigenvalue weighted by atomic mass is 10.2. The van der Waals surface area contributed by atoms with Crippen LogP contribution in [0.2, 0.25) is 0 Å². The van der Waals surface area contributed by atoms with E-state index in [4.69, 9.17) is 4.98 Å². The highest BCUT2D eigenvalue weighted by molar-refractivity contribution is 7.15. The number of nitrogens with zero attached hydrogens (tertiary/aromatic N) is 3. The predicted octanol–water partition coefficient (Wildman–Crippen LogP) is 1.35. The summed E-state index contributed by atoms with van der Waals surface area (Å²) in [5.41, 5.74) is 3.10. The highest BCUT2D eigenvalue weighted by Crippen LogP contribution is 2.24. The number of rotatable bonds is 4. The first-order chi connectivity index (χ1) is 12.2. The van der Waals surface area contributed by atoms with Crippen molar-refractivity contribution in [2.24, 2.45) is 0 Å². The van der Waals surface area contributed by atoms with Crippen LogP contribution in [0.1, 0.15) is 12.6 Å². The van der Waals surface area contributed by atoms with Gasteiger partial charge in [0.2, 0.25) is 5.91 Å². The van der Waals surface area contributed by atoms with Gasteiger partial charge in [0.25, 0.3) is 0 Å². The second kappa shape index (κ2) is 6.98. The van der Waals surface area contributed by atoms with Crippen molar-refractivity contribution < 1.29 is 9.69 Å². The molecule has 130 valence electrons. The molecule has 0 aliphatic carbocycles. The first-order valence-electron chi connectivity index (χ1n) is 8.87. The van der Waals surface area contributed by atoms with E-state index in [1.807, 2.05) is 29.3 Å². The van der Waals surface area contributed by atoms with Gasteiger partial charge in [0, 0.05) is 22.8 Å². The van der Waals surface area contributed by atoms with Crippen LogP contribution >= 0.6 is 11.3 Å². The maximum absolute atomic E-state index is 12.7. The predicted molar refractivity (Wildman–Crippen MR) is 100 cm³/mol. The van der Waals surface area contributed by atoms with Gasteiger partial charge in [0.05, 0.1) is 44.8 Å². The van der Waals surface area contributed by atoms with Crippen molar-refractivity contribution in [1.29, 1.82) is 0 Å². The molecule has 1 aliphatic rings.